The van der Waals surface area contributed by atoms with Gasteiger partial charge in [-0.2, -0.15) is 0 Å². The minimum atomic E-state index is 0.839. The molecule has 13 heavy (non-hydrogen) atoms. The highest BCUT2D eigenvalue weighted by Crippen LogP contribution is 2.08. The fourth-order valence-electron chi connectivity index (χ4n) is 0.539. The van der Waals surface area contributed by atoms with E-state index in [0.29, 0.717) is 0 Å². The second-order valence-corrected chi connectivity index (χ2v) is 1.93. The first kappa shape index (κ1) is 14.2. The van der Waals surface area contributed by atoms with Crippen LogP contribution in [0.25, 0.3) is 0 Å². The summed E-state index contributed by atoms with van der Waals surface area (Å²) in [5.41, 5.74) is 1.74. The van der Waals surface area contributed by atoms with Gasteiger partial charge >= 0.3 is 0 Å². The molecule has 0 atom stereocenters. The van der Waals surface area contributed by atoms with Crippen molar-refractivity contribution >= 4 is 6.21 Å². The molecule has 1 heteroatoms. The van der Waals surface area contributed by atoms with Crippen molar-refractivity contribution in [2.45, 2.75) is 20.8 Å². The third kappa shape index (κ3) is 7.01. The van der Waals surface area contributed by atoms with Crippen LogP contribution >= 0.6 is 0 Å². The first-order chi connectivity index (χ1) is 6.26. The van der Waals surface area contributed by atoms with Crippen LogP contribution in [-0.4, -0.2) is 6.21 Å². The first-order valence-corrected chi connectivity index (χ1v) is 4.38. The predicted octanol–water partition coefficient (Wildman–Crippen LogP) is 3.92. The van der Waals surface area contributed by atoms with Crippen LogP contribution in [0, 0.1) is 0 Å². The maximum Gasteiger partial charge on any atom is 0.0341 e. The standard InChI is InChI=1S/C10H13N.C2H6/c1-5-9(4)10(6-2)8-11-7-3;1-2/h5-8H,1-2,4H2,3H3;1-2H3/b10-8-,11-7?;. The molecule has 0 saturated heterocycles. The lowest BCUT2D eigenvalue weighted by Crippen LogP contribution is -1.78. The van der Waals surface area contributed by atoms with Gasteiger partial charge in [-0.3, -0.25) is 4.99 Å². The van der Waals surface area contributed by atoms with Crippen molar-refractivity contribution in [1.29, 1.82) is 0 Å². The molecule has 0 aliphatic heterocycles. The average molecular weight is 177 g/mol. The van der Waals surface area contributed by atoms with Crippen molar-refractivity contribution < 1.29 is 0 Å². The largest absolute Gasteiger partial charge is 0.269 e. The van der Waals surface area contributed by atoms with Gasteiger partial charge in [-0.1, -0.05) is 45.7 Å². The van der Waals surface area contributed by atoms with Crippen LogP contribution in [0.3, 0.4) is 0 Å². The zero-order valence-electron chi connectivity index (χ0n) is 8.88. The van der Waals surface area contributed by atoms with E-state index in [1.807, 2.05) is 20.8 Å². The van der Waals surface area contributed by atoms with Crippen LogP contribution in [0.1, 0.15) is 20.8 Å². The van der Waals surface area contributed by atoms with Gasteiger partial charge in [0.25, 0.3) is 0 Å². The molecule has 0 bridgehead atoms. The third-order valence-corrected chi connectivity index (χ3v) is 1.20. The maximum atomic E-state index is 3.95. The Kier molecular flexibility index (Phi) is 11.6. The number of aliphatic imine (C=N–C) groups is 1. The van der Waals surface area contributed by atoms with Gasteiger partial charge < -0.3 is 0 Å². The zero-order valence-corrected chi connectivity index (χ0v) is 8.88. The molecule has 0 N–H and O–H groups in total. The van der Waals surface area contributed by atoms with E-state index in [4.69, 9.17) is 0 Å². The van der Waals surface area contributed by atoms with E-state index in [-0.39, 0.29) is 0 Å². The zero-order chi connectivity index (χ0) is 10.7. The second-order valence-electron chi connectivity index (χ2n) is 1.93. The minimum absolute atomic E-state index is 0.839. The molecule has 0 aliphatic carbocycles. The Balaban J connectivity index is 0. The summed E-state index contributed by atoms with van der Waals surface area (Å²) in [5.74, 6) is 0. The molecule has 0 rings (SSSR count). The summed E-state index contributed by atoms with van der Waals surface area (Å²) in [6.45, 7) is 16.9. The average Bonchev–Trinajstić information content (AvgIpc) is 2.21. The van der Waals surface area contributed by atoms with Gasteiger partial charge in [0, 0.05) is 12.4 Å². The Morgan fingerprint density at radius 3 is 2.00 bits per heavy atom. The summed E-state index contributed by atoms with van der Waals surface area (Å²) in [7, 11) is 0. The highest BCUT2D eigenvalue weighted by Gasteiger charge is 1.90. The monoisotopic (exact) mass is 177 g/mol. The molecule has 0 saturated carbocycles. The molecule has 0 aromatic rings. The molecule has 0 unspecified atom stereocenters. The number of hydrogen-bond acceptors (Lipinski definition) is 1. The number of nitrogens with zero attached hydrogens (tertiary/aromatic N) is 1. The Hall–Kier alpha value is -1.37. The van der Waals surface area contributed by atoms with Gasteiger partial charge in [-0.15, -0.1) is 0 Å². The summed E-state index contributed by atoms with van der Waals surface area (Å²) < 4.78 is 0. The molecule has 0 heterocycles. The van der Waals surface area contributed by atoms with Gasteiger partial charge in [-0.25, -0.2) is 0 Å². The second kappa shape index (κ2) is 10.6. The van der Waals surface area contributed by atoms with E-state index in [1.54, 1.807) is 24.6 Å². The van der Waals surface area contributed by atoms with Crippen LogP contribution in [0.15, 0.2) is 54.2 Å². The summed E-state index contributed by atoms with van der Waals surface area (Å²) in [6.07, 6.45) is 6.80. The Morgan fingerprint density at radius 2 is 1.69 bits per heavy atom. The number of hydrogen-bond donors (Lipinski definition) is 0. The summed E-state index contributed by atoms with van der Waals surface area (Å²) >= 11 is 0. The maximum absolute atomic E-state index is 3.95. The van der Waals surface area contributed by atoms with Crippen molar-refractivity contribution in [3.63, 3.8) is 0 Å². The van der Waals surface area contributed by atoms with Gasteiger partial charge in [0.1, 0.15) is 0 Å². The lowest BCUT2D eigenvalue weighted by Gasteiger charge is -1.96. The quantitative estimate of drug-likeness (QED) is 0.456. The van der Waals surface area contributed by atoms with E-state index < -0.39 is 0 Å². The summed E-state index contributed by atoms with van der Waals surface area (Å²) in [4.78, 5) is 3.95. The van der Waals surface area contributed by atoms with Crippen LogP contribution in [0.5, 0.6) is 0 Å². The van der Waals surface area contributed by atoms with Crippen LogP contribution in [0.2, 0.25) is 0 Å². The predicted molar refractivity (Wildman–Crippen MR) is 63.1 cm³/mol. The van der Waals surface area contributed by atoms with Gasteiger partial charge in [0.2, 0.25) is 0 Å². The molecule has 0 fully saturated rings. The van der Waals surface area contributed by atoms with E-state index >= 15 is 0 Å². The van der Waals surface area contributed by atoms with Gasteiger partial charge in [0.05, 0.1) is 0 Å². The van der Waals surface area contributed by atoms with Crippen molar-refractivity contribution in [2.75, 3.05) is 0 Å². The molecule has 0 spiro atoms. The molecular formula is C12H19N. The van der Waals surface area contributed by atoms with E-state index in [9.17, 15) is 0 Å². The van der Waals surface area contributed by atoms with Crippen molar-refractivity contribution in [3.05, 3.63) is 49.2 Å². The highest BCUT2D eigenvalue weighted by atomic mass is 14.7. The van der Waals surface area contributed by atoms with Crippen molar-refractivity contribution in [3.8, 4) is 0 Å². The third-order valence-electron chi connectivity index (χ3n) is 1.20. The highest BCUT2D eigenvalue weighted by molar-refractivity contribution is 5.55. The molecule has 72 valence electrons. The van der Waals surface area contributed by atoms with Crippen molar-refractivity contribution in [1.82, 2.24) is 0 Å². The van der Waals surface area contributed by atoms with Crippen LogP contribution in [-0.2, 0) is 0 Å². The lowest BCUT2D eigenvalue weighted by atomic mass is 10.1. The molecule has 1 nitrogen and oxygen atoms in total. The smallest absolute Gasteiger partial charge is 0.0341 e. The first-order valence-electron chi connectivity index (χ1n) is 4.38. The van der Waals surface area contributed by atoms with E-state index in [2.05, 4.69) is 24.7 Å². The lowest BCUT2D eigenvalue weighted by molar-refractivity contribution is 1.47. The van der Waals surface area contributed by atoms with Crippen LogP contribution < -0.4 is 0 Å². The fourth-order valence-corrected chi connectivity index (χ4v) is 0.539. The number of rotatable bonds is 4. The number of allylic oxidation sites excluding steroid dienone is 4. The van der Waals surface area contributed by atoms with E-state index in [1.165, 1.54) is 0 Å². The Bertz CT molecular complexity index is 219. The van der Waals surface area contributed by atoms with Gasteiger partial charge in [-0.05, 0) is 18.1 Å². The van der Waals surface area contributed by atoms with E-state index in [0.717, 1.165) is 11.1 Å². The SMILES string of the molecule is C=CC(=C)/C(C=C)=C\N=CC.CC. The molecule has 0 aromatic carbocycles. The Morgan fingerprint density at radius 1 is 1.15 bits per heavy atom. The summed E-state index contributed by atoms with van der Waals surface area (Å²) in [6, 6.07) is 0. The van der Waals surface area contributed by atoms with Gasteiger partial charge in [0.15, 0.2) is 0 Å². The summed E-state index contributed by atoms with van der Waals surface area (Å²) in [5, 5.41) is 0. The molecule has 0 radical (unpaired) electrons. The molecular weight excluding hydrogens is 158 g/mol. The molecule has 0 aromatic heterocycles. The molecule has 0 aliphatic rings. The fraction of sp³-hybridized carbons (Fsp3) is 0.250. The normalized spacial score (nSPS) is 10.2. The molecule has 0 amide bonds. The van der Waals surface area contributed by atoms with Crippen LogP contribution in [0.4, 0.5) is 0 Å². The topological polar surface area (TPSA) is 12.4 Å². The van der Waals surface area contributed by atoms with Crippen molar-refractivity contribution in [2.24, 2.45) is 4.99 Å². The minimum Gasteiger partial charge on any atom is -0.269 e. The Labute approximate surface area is 81.9 Å².